The first-order valence-electron chi connectivity index (χ1n) is 19.6. The summed E-state index contributed by atoms with van der Waals surface area (Å²) in [6.45, 7) is 9.36. The van der Waals surface area contributed by atoms with E-state index in [2.05, 4.69) is 41.7 Å². The molecule has 0 heterocycles. The van der Waals surface area contributed by atoms with Crippen molar-refractivity contribution in [3.05, 3.63) is 140 Å². The van der Waals surface area contributed by atoms with Crippen molar-refractivity contribution in [1.82, 2.24) is 0 Å². The van der Waals surface area contributed by atoms with Crippen molar-refractivity contribution < 1.29 is 28.8 Å². The van der Waals surface area contributed by atoms with E-state index in [0.717, 1.165) is 11.1 Å². The molecule has 0 aliphatic rings. The van der Waals surface area contributed by atoms with Gasteiger partial charge in [-0.15, -0.1) is 23.2 Å². The number of amides is 4. The molecule has 330 valence electrons. The Balaban J connectivity index is 1.24. The van der Waals surface area contributed by atoms with Crippen LogP contribution in [0.15, 0.2) is 118 Å². The van der Waals surface area contributed by atoms with Crippen molar-refractivity contribution in [2.24, 2.45) is 20.5 Å². The molecule has 4 N–H and O–H groups in total. The summed E-state index contributed by atoms with van der Waals surface area (Å²) in [5.41, 5.74) is 4.91. The van der Waals surface area contributed by atoms with Gasteiger partial charge in [-0.25, -0.2) is 0 Å². The maximum atomic E-state index is 13.4. The lowest BCUT2D eigenvalue weighted by molar-refractivity contribution is -0.127. The molecule has 5 aromatic carbocycles. The Morgan fingerprint density at radius 1 is 0.500 bits per heavy atom. The average molecular weight is 945 g/mol. The number of nitrogens with zero attached hydrogens (tertiary/aromatic N) is 4. The maximum absolute atomic E-state index is 13.4. The van der Waals surface area contributed by atoms with Crippen LogP contribution in [0.1, 0.15) is 81.4 Å². The smallest absolute Gasteiger partial charge is 0.258 e. The highest BCUT2D eigenvalue weighted by Gasteiger charge is 2.26. The minimum absolute atomic E-state index is 0.0886. The van der Waals surface area contributed by atoms with Crippen LogP contribution in [-0.2, 0) is 19.2 Å². The molecule has 0 aliphatic carbocycles. The number of carbonyl (C=O) groups excluding carboxylic acids is 6. The van der Waals surface area contributed by atoms with Crippen LogP contribution in [0.25, 0.3) is 0 Å². The SMILES string of the molecule is CC(=O)C(N=Nc1ccc(Cl)c(C(=O)Nc2ccc(C(C)Cl)cc2)c1)C(=O)Nc1cc(C)c(NC(=O)C(N=Nc2ccc(Cl)c(C(=O)Nc3ccc(C(C)Cl)cc3)c2)C(C)=O)cc1C. The Hall–Kier alpha value is -6.32. The second-order valence-electron chi connectivity index (χ2n) is 14.6. The fourth-order valence-corrected chi connectivity index (χ4v) is 6.63. The number of hydrogen-bond acceptors (Lipinski definition) is 10. The van der Waals surface area contributed by atoms with Crippen molar-refractivity contribution in [3.63, 3.8) is 0 Å². The summed E-state index contributed by atoms with van der Waals surface area (Å²) in [7, 11) is 0. The summed E-state index contributed by atoms with van der Waals surface area (Å²) in [6.07, 6.45) is 0. The predicted octanol–water partition coefficient (Wildman–Crippen LogP) is 12.1. The van der Waals surface area contributed by atoms with Crippen molar-refractivity contribution >= 4 is 116 Å². The summed E-state index contributed by atoms with van der Waals surface area (Å²) in [6, 6.07) is 22.6. The van der Waals surface area contributed by atoms with Gasteiger partial charge in [0.1, 0.15) is 0 Å². The van der Waals surface area contributed by atoms with Crippen LogP contribution in [0, 0.1) is 13.8 Å². The first kappa shape index (κ1) is 48.7. The molecule has 0 radical (unpaired) electrons. The molecule has 0 spiro atoms. The van der Waals surface area contributed by atoms with E-state index in [1.54, 1.807) is 74.5 Å². The molecule has 0 saturated carbocycles. The molecular weight excluding hydrogens is 902 g/mol. The molecule has 5 aromatic rings. The first-order valence-corrected chi connectivity index (χ1v) is 21.2. The molecular formula is C46H42Cl4N8O6. The fraction of sp³-hybridized carbons (Fsp3) is 0.217. The van der Waals surface area contributed by atoms with E-state index in [1.807, 2.05) is 13.8 Å². The quantitative estimate of drug-likeness (QED) is 0.0431. The Kier molecular flexibility index (Phi) is 16.6. The topological polar surface area (TPSA) is 200 Å². The van der Waals surface area contributed by atoms with Crippen LogP contribution in [-0.4, -0.2) is 47.3 Å². The van der Waals surface area contributed by atoms with Gasteiger partial charge in [0.2, 0.25) is 12.1 Å². The molecule has 0 aromatic heterocycles. The van der Waals surface area contributed by atoms with Gasteiger partial charge in [-0.2, -0.15) is 20.5 Å². The standard InChI is InChI=1S/C46H42Cl4N8O6/c1-23-19-40(54-46(64)42(28(6)60)58-56-34-16-18-38(50)36(22-34)44(62)52-32-13-9-30(10-14-32)26(4)48)24(2)20-39(23)53-45(63)41(27(5)59)57-55-33-15-17-37(49)35(21-33)43(61)51-31-11-7-29(8-12-31)25(3)47/h7-22,25-26,41-42H,1-6H3,(H,51,61)(H,52,62)(H,53,63)(H,54,64). The van der Waals surface area contributed by atoms with Gasteiger partial charge in [0.25, 0.3) is 23.6 Å². The number of rotatable bonds is 16. The lowest BCUT2D eigenvalue weighted by Crippen LogP contribution is -2.32. The number of benzene rings is 5. The van der Waals surface area contributed by atoms with Crippen molar-refractivity contribution in [3.8, 4) is 0 Å². The van der Waals surface area contributed by atoms with E-state index in [0.29, 0.717) is 33.9 Å². The number of nitrogens with one attached hydrogen (secondary N) is 4. The minimum atomic E-state index is -1.56. The Morgan fingerprint density at radius 3 is 1.16 bits per heavy atom. The van der Waals surface area contributed by atoms with Gasteiger partial charge >= 0.3 is 0 Å². The summed E-state index contributed by atoms with van der Waals surface area (Å²) >= 11 is 24.9. The summed E-state index contributed by atoms with van der Waals surface area (Å²) in [5, 5.41) is 26.9. The van der Waals surface area contributed by atoms with E-state index in [9.17, 15) is 28.8 Å². The second kappa shape index (κ2) is 21.8. The molecule has 18 heteroatoms. The average Bonchev–Trinajstić information content (AvgIpc) is 3.23. The Labute approximate surface area is 389 Å². The predicted molar refractivity (Wildman–Crippen MR) is 251 cm³/mol. The molecule has 5 rings (SSSR count). The third-order valence-corrected chi connectivity index (χ3v) is 10.7. The van der Waals surface area contributed by atoms with Gasteiger partial charge in [-0.3, -0.25) is 28.8 Å². The number of anilines is 4. The molecule has 0 aliphatic heterocycles. The number of ketones is 2. The van der Waals surface area contributed by atoms with Crippen LogP contribution in [0.4, 0.5) is 34.1 Å². The van der Waals surface area contributed by atoms with Gasteiger partial charge in [0, 0.05) is 22.7 Å². The molecule has 0 bridgehead atoms. The highest BCUT2D eigenvalue weighted by atomic mass is 35.5. The lowest BCUT2D eigenvalue weighted by atomic mass is 10.1. The van der Waals surface area contributed by atoms with Crippen molar-refractivity contribution in [2.45, 2.75) is 64.4 Å². The van der Waals surface area contributed by atoms with E-state index in [-0.39, 0.29) is 43.3 Å². The highest BCUT2D eigenvalue weighted by Crippen LogP contribution is 2.29. The number of halogens is 4. The number of carbonyl (C=O) groups is 6. The third kappa shape index (κ3) is 12.9. The second-order valence-corrected chi connectivity index (χ2v) is 16.8. The largest absolute Gasteiger partial charge is 0.324 e. The van der Waals surface area contributed by atoms with Crippen molar-refractivity contribution in [1.29, 1.82) is 0 Å². The van der Waals surface area contributed by atoms with E-state index in [1.165, 1.54) is 50.2 Å². The van der Waals surface area contributed by atoms with E-state index >= 15 is 0 Å². The monoisotopic (exact) mass is 942 g/mol. The molecule has 4 unspecified atom stereocenters. The van der Waals surface area contributed by atoms with Gasteiger partial charge in [0.15, 0.2) is 11.6 Å². The number of Topliss-reactive ketones (excluding diaryl/α,β-unsaturated/α-hetero) is 2. The minimum Gasteiger partial charge on any atom is -0.324 e. The third-order valence-electron chi connectivity index (χ3n) is 9.58. The lowest BCUT2D eigenvalue weighted by Gasteiger charge is -2.16. The summed E-state index contributed by atoms with van der Waals surface area (Å²) in [5.74, 6) is -3.81. The van der Waals surface area contributed by atoms with Crippen LogP contribution in [0.5, 0.6) is 0 Å². The maximum Gasteiger partial charge on any atom is 0.258 e. The van der Waals surface area contributed by atoms with Crippen LogP contribution in [0.3, 0.4) is 0 Å². The van der Waals surface area contributed by atoms with Crippen LogP contribution < -0.4 is 21.3 Å². The number of aryl methyl sites for hydroxylation is 2. The van der Waals surface area contributed by atoms with Gasteiger partial charge in [-0.05, 0) is 137 Å². The number of hydrogen-bond donors (Lipinski definition) is 4. The number of azo groups is 2. The number of alkyl halides is 2. The molecule has 14 nitrogen and oxygen atoms in total. The molecule has 4 atom stereocenters. The first-order chi connectivity index (χ1) is 30.3. The fourth-order valence-electron chi connectivity index (χ4n) is 5.93. The summed E-state index contributed by atoms with van der Waals surface area (Å²) in [4.78, 5) is 78.2. The molecule has 0 saturated heterocycles. The highest BCUT2D eigenvalue weighted by molar-refractivity contribution is 6.35. The van der Waals surface area contributed by atoms with Crippen LogP contribution in [0.2, 0.25) is 10.0 Å². The zero-order chi connectivity index (χ0) is 46.8. The van der Waals surface area contributed by atoms with Gasteiger partial charge < -0.3 is 21.3 Å². The molecule has 4 amide bonds. The van der Waals surface area contributed by atoms with E-state index in [4.69, 9.17) is 46.4 Å². The summed E-state index contributed by atoms with van der Waals surface area (Å²) < 4.78 is 0. The van der Waals surface area contributed by atoms with Crippen molar-refractivity contribution in [2.75, 3.05) is 21.3 Å². The molecule has 64 heavy (non-hydrogen) atoms. The van der Waals surface area contributed by atoms with Gasteiger partial charge in [-0.1, -0.05) is 47.5 Å². The zero-order valence-electron chi connectivity index (χ0n) is 35.3. The van der Waals surface area contributed by atoms with E-state index < -0.39 is 47.3 Å². The Bertz CT molecular complexity index is 2490. The molecule has 0 fully saturated rings. The van der Waals surface area contributed by atoms with Crippen LogP contribution >= 0.6 is 46.4 Å². The van der Waals surface area contributed by atoms with Gasteiger partial charge in [0.05, 0.1) is 43.3 Å². The zero-order valence-corrected chi connectivity index (χ0v) is 38.3. The normalized spacial score (nSPS) is 13.2. The Morgan fingerprint density at radius 2 is 0.844 bits per heavy atom.